The number of carbonyl (C=O) groups excluding carboxylic acids is 3. The third-order valence-corrected chi connectivity index (χ3v) is 26.9. The highest BCUT2D eigenvalue weighted by Crippen LogP contribution is 2.53. The number of imidazole rings is 2. The van der Waals surface area contributed by atoms with Crippen LogP contribution in [-0.4, -0.2) is 273 Å². The average molecular weight is 2000 g/mol. The largest absolute Gasteiger partial charge is 0.483 e. The highest BCUT2D eigenvalue weighted by molar-refractivity contribution is 8.77. The number of ether oxygens (including phenoxy) is 7. The second kappa shape index (κ2) is 47.9. The molecule has 0 radical (unpaired) electrons. The number of rotatable bonds is 39. The van der Waals surface area contributed by atoms with Crippen LogP contribution in [0.2, 0.25) is 0 Å². The fourth-order valence-corrected chi connectivity index (χ4v) is 19.2. The van der Waals surface area contributed by atoms with Crippen molar-refractivity contribution in [3.8, 4) is 0 Å². The first kappa shape index (κ1) is 108. The number of carbonyl (C=O) groups is 4. The van der Waals surface area contributed by atoms with Gasteiger partial charge in [0.15, 0.2) is 47.6 Å². The van der Waals surface area contributed by atoms with Crippen molar-refractivity contribution in [1.82, 2.24) is 63.5 Å². The minimum Gasteiger partial charge on any atom is -0.483 e. The summed E-state index contributed by atoms with van der Waals surface area (Å²) in [6, 6.07) is -0.219. The van der Waals surface area contributed by atoms with Crippen molar-refractivity contribution in [2.24, 2.45) is 16.0 Å². The zero-order valence-corrected chi connectivity index (χ0v) is 75.6. The fourth-order valence-electron chi connectivity index (χ4n) is 11.9. The molecule has 0 bridgehead atoms. The molecule has 20 N–H and O–H groups in total. The number of aliphatic hydroxyl groups excluding tert-OH is 2. The number of alkyl halides is 3. The summed E-state index contributed by atoms with van der Waals surface area (Å²) in [5.74, 6) is -2.33. The Morgan fingerprint density at radius 2 is 0.992 bits per heavy atom. The van der Waals surface area contributed by atoms with Crippen molar-refractivity contribution in [3.63, 3.8) is 0 Å². The maximum atomic E-state index is 14.2. The van der Waals surface area contributed by atoms with Gasteiger partial charge in [0.2, 0.25) is 0 Å². The molecule has 10 heterocycles. The van der Waals surface area contributed by atoms with Gasteiger partial charge >= 0.3 is 66.9 Å². The third kappa shape index (κ3) is 34.0. The number of alkyl carbamates (subject to hydrolysis) is 1. The van der Waals surface area contributed by atoms with Crippen molar-refractivity contribution in [2.45, 2.75) is 212 Å². The fraction of sp³-hybridized carbons (Fsp3) is 0.645. The number of fused-ring (bicyclic) bond motifs is 2. The predicted octanol–water partition coefficient (Wildman–Crippen LogP) is 3.84. The number of nitrogens with zero attached hydrogens (tertiary/aromatic N) is 18. The number of anilines is 4. The summed E-state index contributed by atoms with van der Waals surface area (Å²) < 4.78 is 156. The van der Waals surface area contributed by atoms with E-state index in [9.17, 15) is 95.0 Å². The van der Waals surface area contributed by atoms with Crippen LogP contribution in [0.1, 0.15) is 106 Å². The molecule has 4 fully saturated rings. The highest BCUT2D eigenvalue weighted by atomic mass is 33.1. The summed E-state index contributed by atoms with van der Waals surface area (Å²) in [5, 5.41) is 39.3. The van der Waals surface area contributed by atoms with Gasteiger partial charge in [-0.05, 0) is 56.8 Å². The van der Waals surface area contributed by atoms with Crippen LogP contribution in [0.15, 0.2) is 69.7 Å². The second-order valence-corrected chi connectivity index (χ2v) is 40.6. The molecule has 718 valence electrons. The van der Waals surface area contributed by atoms with Gasteiger partial charge in [-0.2, -0.15) is 23.1 Å². The number of nitrogens with two attached hydrogens (primary N) is 5. The lowest BCUT2D eigenvalue weighted by Gasteiger charge is -2.28. The lowest BCUT2D eigenvalue weighted by atomic mass is 10.1. The Labute approximate surface area is 742 Å². The molecule has 6 aromatic rings. The molecule has 129 heavy (non-hydrogen) atoms. The van der Waals surface area contributed by atoms with Gasteiger partial charge in [0.25, 0.3) is 6.47 Å². The molecular weight excluding hydrogens is 1900 g/mol. The number of hydrogen-bond acceptors (Lipinski definition) is 44. The van der Waals surface area contributed by atoms with Crippen LogP contribution in [0.5, 0.6) is 0 Å². The van der Waals surface area contributed by atoms with Gasteiger partial charge in [-0.15, -0.1) is 0 Å². The van der Waals surface area contributed by atoms with E-state index >= 15 is 0 Å². The van der Waals surface area contributed by atoms with Gasteiger partial charge in [0.05, 0.1) is 39.1 Å². The lowest BCUT2D eigenvalue weighted by molar-refractivity contribution is -0.159. The smallest absolute Gasteiger partial charge is 0.472 e. The van der Waals surface area contributed by atoms with Crippen molar-refractivity contribution in [2.75, 3.05) is 62.5 Å². The zero-order chi connectivity index (χ0) is 96.0. The number of carboxylic acid groups (broad SMARTS) is 1. The Balaban J connectivity index is 0.000000328. The number of nitrogen functional groups attached to an aromatic ring is 4. The number of phosphoric acid groups is 4. The van der Waals surface area contributed by atoms with Crippen LogP contribution in [-0.2, 0) is 92.9 Å². The molecule has 56 nitrogen and oxygen atoms in total. The molecule has 1 amide bonds. The molecule has 20 atom stereocenters. The monoisotopic (exact) mass is 1990 g/mol. The standard InChI is InChI=1S/C32H48N12O16P2S2.C27H40N12O14P2S2.C2H3F3.CH2O2/c1-15(2)63-64-16(10-39-42-35)8-17(40-31(48)59-32(3,4)5)29(46)58-25-20(57-28(24(25)45)44-14-38-23-26(34)36-13-37-27(23)44)12-55-62(52,53)60-18-9-22(43-7-6-21(33)41-30(43)47)56-19(18)11-54-61(49,50)51;1-12(2)56-57-13(7-35-37-31)5-14(28)26(41)52-22-17(51-25(21(22)40)39-11-34-20-23(30)32-10-33-24(20)39)9-49-55(46,47)53-15-6-19(38-4-3-18(29)36-27(38)42)50-16(15)8-48-54(43,44)45;1-2(3,4)5;2-1-3/h6-7,13-20,22,24-25,28,45H,8-12H2,1-5H3,(H,40,48)(H,52,53)(H2,33,41,47)(H2,34,36,37)(H2,49,50,51);3-4,10-17,19,21-22,25,40H,5-9,28H2,1-2H3,(H,46,47)(H2,29,36,42)(H2,30,32,33)(H2,43,44,45);1H3;1H,(H,2,3)/t16?,17-,18-,19+,20+,22+,24+,25+,28+;13?,14-,15-,16+,17+,19+,21+,22+,25+;;/m00../s1. The molecule has 6 aromatic heterocycles. The minimum absolute atomic E-state index is 0.00838. The number of azide groups is 2. The van der Waals surface area contributed by atoms with Crippen LogP contribution in [0, 0.1) is 0 Å². The predicted molar refractivity (Wildman–Crippen MR) is 446 cm³/mol. The first-order valence-corrected chi connectivity index (χ1v) is 48.0. The van der Waals surface area contributed by atoms with Gasteiger partial charge in [-0.1, -0.05) is 81.1 Å². The molecular formula is C62H93F3N24O32P4S4. The van der Waals surface area contributed by atoms with Gasteiger partial charge in [-0.3, -0.25) is 55.0 Å². The number of halogens is 3. The van der Waals surface area contributed by atoms with Gasteiger partial charge in [-0.25, -0.2) is 67.3 Å². The molecule has 0 aromatic carbocycles. The van der Waals surface area contributed by atoms with Gasteiger partial charge in [0.1, 0.15) is 114 Å². The SMILES string of the molecule is CC(C)SSC(CN=[N+]=[N-])C[C@H](N)C(=O)O[C@H]1[C@@H](O)[C@H](n2cnc3c(N)ncnc32)O[C@@H]1COP(=O)(O)O[C@H]1C[C@H](n2ccc(N)nc2=O)O[C@@H]1COP(=O)(O)O.CC(C)SSC(CN=[N+]=[N-])C[C@H](NC(=O)OC(C)(C)C)C(=O)O[C@H]1[C@@H](O)[C@H](n2cnc3c(N)ncnc32)O[C@@H]1COP(=O)(O)O[C@H]1C[C@H](n2ccc(N)nc2=O)O[C@@H]1COP(=O)(O)O.CC(F)(F)F.O=CO. The lowest BCUT2D eigenvalue weighted by Crippen LogP contribution is -2.49. The van der Waals surface area contributed by atoms with E-state index in [4.69, 9.17) is 101 Å². The van der Waals surface area contributed by atoms with E-state index in [-0.39, 0.29) is 108 Å². The Morgan fingerprint density at radius 3 is 1.36 bits per heavy atom. The number of amides is 1. The quantitative estimate of drug-likeness (QED) is 0.00381. The number of phosphoric ester groups is 4. The van der Waals surface area contributed by atoms with E-state index in [1.165, 1.54) is 89.5 Å². The molecule has 0 aliphatic carbocycles. The zero-order valence-electron chi connectivity index (χ0n) is 68.7. The molecule has 10 rings (SSSR count). The van der Waals surface area contributed by atoms with Crippen molar-refractivity contribution in [3.05, 3.63) is 91.7 Å². The van der Waals surface area contributed by atoms with E-state index in [1.54, 1.807) is 20.8 Å². The Bertz CT molecular complexity index is 5210. The first-order valence-electron chi connectivity index (χ1n) is 37.4. The number of aliphatic hydroxyl groups is 2. The van der Waals surface area contributed by atoms with Crippen LogP contribution < -0.4 is 45.4 Å². The Kier molecular flexibility index (Phi) is 40.0. The summed E-state index contributed by atoms with van der Waals surface area (Å²) in [4.78, 5) is 170. The van der Waals surface area contributed by atoms with E-state index in [0.29, 0.717) is 0 Å². The molecule has 4 saturated heterocycles. The first-order chi connectivity index (χ1) is 60.2. The number of nitrogens with one attached hydrogen (secondary N) is 1. The molecule has 0 spiro atoms. The maximum Gasteiger partial charge on any atom is 0.472 e. The molecule has 4 aliphatic rings. The summed E-state index contributed by atoms with van der Waals surface area (Å²) in [6.07, 6.45) is -19.7. The number of aromatic nitrogens is 12. The van der Waals surface area contributed by atoms with E-state index in [1.807, 2.05) is 27.7 Å². The van der Waals surface area contributed by atoms with Crippen molar-refractivity contribution >= 4 is 145 Å². The number of hydrogen-bond donors (Lipinski definition) is 15. The topological polar surface area (TPSA) is 835 Å². The number of esters is 2. The second-order valence-electron chi connectivity index (χ2n) is 29.0. The summed E-state index contributed by atoms with van der Waals surface area (Å²) in [7, 11) is -15.0. The molecule has 4 aliphatic heterocycles. The normalized spacial score (nSPS) is 24.2. The van der Waals surface area contributed by atoms with Crippen molar-refractivity contribution in [1.29, 1.82) is 0 Å². The van der Waals surface area contributed by atoms with Crippen LogP contribution >= 0.6 is 74.5 Å². The highest BCUT2D eigenvalue weighted by Gasteiger charge is 2.53. The van der Waals surface area contributed by atoms with E-state index in [0.717, 1.165) is 21.8 Å². The Morgan fingerprint density at radius 1 is 0.612 bits per heavy atom. The van der Waals surface area contributed by atoms with Crippen LogP contribution in [0.25, 0.3) is 43.2 Å². The molecule has 4 unspecified atom stereocenters. The Hall–Kier alpha value is -8.29. The molecule has 0 saturated carbocycles. The van der Waals surface area contributed by atoms with E-state index < -0.39 is 207 Å². The molecule has 67 heteroatoms. The van der Waals surface area contributed by atoms with Gasteiger partial charge in [0, 0.05) is 76.1 Å². The maximum absolute atomic E-state index is 14.2. The van der Waals surface area contributed by atoms with Gasteiger partial charge < -0.3 is 112 Å². The minimum atomic E-state index is -5.27. The van der Waals surface area contributed by atoms with E-state index in [2.05, 4.69) is 74.3 Å². The van der Waals surface area contributed by atoms with Crippen LogP contribution in [0.3, 0.4) is 0 Å². The average Bonchev–Trinajstić information content (AvgIpc) is 1.62. The summed E-state index contributed by atoms with van der Waals surface area (Å²) in [6.45, 7) is 8.92. The van der Waals surface area contributed by atoms with Crippen LogP contribution in [0.4, 0.5) is 41.2 Å². The summed E-state index contributed by atoms with van der Waals surface area (Å²) in [5.41, 5.74) is 44.9. The third-order valence-electron chi connectivity index (χ3n) is 17.0. The van der Waals surface area contributed by atoms with Crippen molar-refractivity contribution < 1.29 is 156 Å². The summed E-state index contributed by atoms with van der Waals surface area (Å²) >= 11 is 0.